The van der Waals surface area contributed by atoms with E-state index in [9.17, 15) is 9.59 Å². The summed E-state index contributed by atoms with van der Waals surface area (Å²) in [5.74, 6) is 0.395. The monoisotopic (exact) mass is 410 g/mol. The summed E-state index contributed by atoms with van der Waals surface area (Å²) in [7, 11) is 0. The van der Waals surface area contributed by atoms with Crippen molar-refractivity contribution in [2.75, 3.05) is 13.2 Å². The first-order chi connectivity index (χ1) is 14.6. The number of hydrogen-bond acceptors (Lipinski definition) is 5. The fourth-order valence-corrected chi connectivity index (χ4v) is 2.65. The van der Waals surface area contributed by atoms with Gasteiger partial charge in [0.1, 0.15) is 11.5 Å². The van der Waals surface area contributed by atoms with Crippen molar-refractivity contribution in [2.24, 2.45) is 0 Å². The van der Waals surface area contributed by atoms with E-state index in [0.717, 1.165) is 24.2 Å². The topological polar surface area (TPSA) is 61.8 Å². The molecule has 0 aliphatic carbocycles. The molecule has 0 spiro atoms. The Morgan fingerprint density at radius 3 is 2.17 bits per heavy atom. The van der Waals surface area contributed by atoms with Gasteiger partial charge >= 0.3 is 11.9 Å². The minimum Gasteiger partial charge on any atom is -0.494 e. The lowest BCUT2D eigenvalue weighted by Crippen LogP contribution is -2.05. The van der Waals surface area contributed by atoms with Gasteiger partial charge in [-0.2, -0.15) is 0 Å². The second kappa shape index (κ2) is 13.2. The highest BCUT2D eigenvalue weighted by Gasteiger charge is 2.06. The molecule has 2 aromatic rings. The van der Waals surface area contributed by atoms with Crippen molar-refractivity contribution in [1.82, 2.24) is 0 Å². The molecule has 2 aromatic carbocycles. The highest BCUT2D eigenvalue weighted by molar-refractivity contribution is 5.91. The highest BCUT2D eigenvalue weighted by Crippen LogP contribution is 2.18. The molecule has 0 saturated carbocycles. The zero-order valence-corrected chi connectivity index (χ0v) is 17.8. The first-order valence-corrected chi connectivity index (χ1v) is 10.5. The molecular weight excluding hydrogens is 380 g/mol. The van der Waals surface area contributed by atoms with Crippen molar-refractivity contribution in [3.05, 3.63) is 65.7 Å². The van der Waals surface area contributed by atoms with Gasteiger partial charge in [0.25, 0.3) is 0 Å². The molecule has 0 aromatic heterocycles. The van der Waals surface area contributed by atoms with Gasteiger partial charge in [0.05, 0.1) is 18.8 Å². The van der Waals surface area contributed by atoms with E-state index in [0.29, 0.717) is 24.5 Å². The van der Waals surface area contributed by atoms with Gasteiger partial charge in [0.15, 0.2) is 0 Å². The van der Waals surface area contributed by atoms with Gasteiger partial charge in [0.2, 0.25) is 0 Å². The van der Waals surface area contributed by atoms with Crippen LogP contribution in [0.15, 0.2) is 54.6 Å². The number of esters is 2. The third kappa shape index (κ3) is 8.52. The number of ether oxygens (including phenoxy) is 3. The average Bonchev–Trinajstić information content (AvgIpc) is 2.77. The fraction of sp³-hybridized carbons (Fsp3) is 0.360. The largest absolute Gasteiger partial charge is 0.494 e. The van der Waals surface area contributed by atoms with Crippen LogP contribution in [0.4, 0.5) is 0 Å². The molecule has 0 amide bonds. The first-order valence-electron chi connectivity index (χ1n) is 10.5. The number of benzene rings is 2. The summed E-state index contributed by atoms with van der Waals surface area (Å²) in [6.07, 6.45) is 8.40. The van der Waals surface area contributed by atoms with Crippen LogP contribution in [-0.4, -0.2) is 25.2 Å². The third-order valence-corrected chi connectivity index (χ3v) is 4.30. The van der Waals surface area contributed by atoms with E-state index < -0.39 is 5.97 Å². The van der Waals surface area contributed by atoms with Crippen LogP contribution in [0, 0.1) is 0 Å². The Labute approximate surface area is 178 Å². The van der Waals surface area contributed by atoms with E-state index in [2.05, 4.69) is 6.92 Å². The summed E-state index contributed by atoms with van der Waals surface area (Å²) >= 11 is 0. The maximum atomic E-state index is 12.0. The lowest BCUT2D eigenvalue weighted by atomic mass is 10.1. The quantitative estimate of drug-likeness (QED) is 0.191. The zero-order valence-electron chi connectivity index (χ0n) is 17.8. The fourth-order valence-electron chi connectivity index (χ4n) is 2.65. The molecule has 0 N–H and O–H groups in total. The molecule has 0 heterocycles. The molecule has 0 unspecified atom stereocenters. The Morgan fingerprint density at radius 2 is 1.50 bits per heavy atom. The van der Waals surface area contributed by atoms with E-state index in [1.807, 2.05) is 6.92 Å². The molecule has 0 aliphatic heterocycles. The number of carbonyl (C=O) groups is 2. The molecule has 0 saturated heterocycles. The van der Waals surface area contributed by atoms with Crippen molar-refractivity contribution in [3.8, 4) is 11.5 Å². The van der Waals surface area contributed by atoms with E-state index in [1.165, 1.54) is 25.3 Å². The second-order valence-corrected chi connectivity index (χ2v) is 6.89. The summed E-state index contributed by atoms with van der Waals surface area (Å²) in [5, 5.41) is 0. The van der Waals surface area contributed by atoms with Crippen LogP contribution in [-0.2, 0) is 9.53 Å². The summed E-state index contributed by atoms with van der Waals surface area (Å²) in [5.41, 5.74) is 1.27. The minimum atomic E-state index is -0.477. The first kappa shape index (κ1) is 23.2. The molecule has 30 heavy (non-hydrogen) atoms. The Kier molecular flexibility index (Phi) is 10.2. The van der Waals surface area contributed by atoms with Crippen molar-refractivity contribution in [3.63, 3.8) is 0 Å². The van der Waals surface area contributed by atoms with E-state index in [4.69, 9.17) is 14.2 Å². The van der Waals surface area contributed by atoms with Gasteiger partial charge in [0, 0.05) is 6.08 Å². The molecule has 5 nitrogen and oxygen atoms in total. The Hall–Kier alpha value is -3.08. The van der Waals surface area contributed by atoms with E-state index in [-0.39, 0.29) is 5.97 Å². The SMILES string of the molecule is CCCCCCOc1ccc(OC(=O)C=Cc2ccc(C(=O)OCCC)cc2)cc1. The average molecular weight is 411 g/mol. The van der Waals surface area contributed by atoms with Crippen LogP contribution < -0.4 is 9.47 Å². The summed E-state index contributed by atoms with van der Waals surface area (Å²) < 4.78 is 16.1. The Bertz CT molecular complexity index is 806. The van der Waals surface area contributed by atoms with Crippen LogP contribution in [0.2, 0.25) is 0 Å². The zero-order chi connectivity index (χ0) is 21.6. The minimum absolute atomic E-state index is 0.347. The molecular formula is C25H30O5. The van der Waals surface area contributed by atoms with Crippen molar-refractivity contribution in [2.45, 2.75) is 46.0 Å². The number of unbranched alkanes of at least 4 members (excludes halogenated alkanes) is 3. The summed E-state index contributed by atoms with van der Waals surface area (Å²) in [6.45, 7) is 5.21. The van der Waals surface area contributed by atoms with Gasteiger partial charge in [-0.15, -0.1) is 0 Å². The molecule has 5 heteroatoms. The van der Waals surface area contributed by atoms with Crippen molar-refractivity contribution >= 4 is 18.0 Å². The Balaban J connectivity index is 1.79. The van der Waals surface area contributed by atoms with Crippen LogP contribution in [0.5, 0.6) is 11.5 Å². The molecule has 0 aliphatic rings. The number of carbonyl (C=O) groups excluding carboxylic acids is 2. The number of rotatable bonds is 12. The molecule has 2 rings (SSSR count). The van der Waals surface area contributed by atoms with Gasteiger partial charge in [-0.25, -0.2) is 9.59 Å². The predicted octanol–water partition coefficient (Wildman–Crippen LogP) is 5.83. The van der Waals surface area contributed by atoms with Gasteiger partial charge in [-0.05, 0) is 60.9 Å². The molecule has 0 fully saturated rings. The van der Waals surface area contributed by atoms with Gasteiger partial charge < -0.3 is 14.2 Å². The molecule has 0 atom stereocenters. The lowest BCUT2D eigenvalue weighted by Gasteiger charge is -2.07. The summed E-state index contributed by atoms with van der Waals surface area (Å²) in [6, 6.07) is 13.9. The van der Waals surface area contributed by atoms with E-state index >= 15 is 0 Å². The highest BCUT2D eigenvalue weighted by atomic mass is 16.5. The molecule has 160 valence electrons. The second-order valence-electron chi connectivity index (χ2n) is 6.89. The van der Waals surface area contributed by atoms with Crippen molar-refractivity contribution in [1.29, 1.82) is 0 Å². The van der Waals surface area contributed by atoms with Gasteiger partial charge in [-0.1, -0.05) is 45.2 Å². The summed E-state index contributed by atoms with van der Waals surface area (Å²) in [4.78, 5) is 23.8. The standard InChI is InChI=1S/C25H30O5/c1-3-5-6-7-19-28-22-13-15-23(16-14-22)30-24(26)17-10-20-8-11-21(12-9-20)25(27)29-18-4-2/h8-17H,3-7,18-19H2,1-2H3. The maximum absolute atomic E-state index is 12.0. The normalized spacial score (nSPS) is 10.7. The maximum Gasteiger partial charge on any atom is 0.338 e. The Morgan fingerprint density at radius 1 is 0.800 bits per heavy atom. The predicted molar refractivity (Wildman–Crippen MR) is 118 cm³/mol. The lowest BCUT2D eigenvalue weighted by molar-refractivity contribution is -0.128. The van der Waals surface area contributed by atoms with Crippen LogP contribution >= 0.6 is 0 Å². The molecule has 0 bridgehead atoms. The van der Waals surface area contributed by atoms with Crippen LogP contribution in [0.3, 0.4) is 0 Å². The van der Waals surface area contributed by atoms with Gasteiger partial charge in [-0.3, -0.25) is 0 Å². The van der Waals surface area contributed by atoms with E-state index in [1.54, 1.807) is 54.6 Å². The number of hydrogen-bond donors (Lipinski definition) is 0. The van der Waals surface area contributed by atoms with Crippen LogP contribution in [0.1, 0.15) is 61.9 Å². The van der Waals surface area contributed by atoms with Crippen LogP contribution in [0.25, 0.3) is 6.08 Å². The third-order valence-electron chi connectivity index (χ3n) is 4.30. The molecule has 0 radical (unpaired) electrons. The smallest absolute Gasteiger partial charge is 0.338 e. The van der Waals surface area contributed by atoms with Crippen molar-refractivity contribution < 1.29 is 23.8 Å².